The van der Waals surface area contributed by atoms with Crippen molar-refractivity contribution in [2.75, 3.05) is 6.61 Å². The van der Waals surface area contributed by atoms with Gasteiger partial charge in [0.2, 0.25) is 0 Å². The minimum Gasteiger partial charge on any atom is -0.466 e. The van der Waals surface area contributed by atoms with E-state index in [1.807, 2.05) is 0 Å². The molecular formula is C16H34O2. The van der Waals surface area contributed by atoms with E-state index in [1.165, 1.54) is 25.7 Å². The van der Waals surface area contributed by atoms with Gasteiger partial charge in [0, 0.05) is 6.42 Å². The molecule has 2 heteroatoms. The normalized spacial score (nSPS) is 9.89. The molecule has 0 aliphatic heterocycles. The van der Waals surface area contributed by atoms with Crippen molar-refractivity contribution in [1.29, 1.82) is 0 Å². The quantitative estimate of drug-likeness (QED) is 0.411. The summed E-state index contributed by atoms with van der Waals surface area (Å²) in [4.78, 5) is 11.0. The Morgan fingerprint density at radius 3 is 1.83 bits per heavy atom. The average Bonchev–Trinajstić information content (AvgIpc) is 2.34. The van der Waals surface area contributed by atoms with E-state index < -0.39 is 0 Å². The first-order chi connectivity index (χ1) is 8.58. The Morgan fingerprint density at radius 1 is 0.944 bits per heavy atom. The molecule has 0 aliphatic rings. The largest absolute Gasteiger partial charge is 0.466 e. The smallest absolute Gasteiger partial charge is 0.305 e. The fraction of sp³-hybridized carbons (Fsp3) is 0.938. The Kier molecular flexibility index (Phi) is 18.1. The maximum absolute atomic E-state index is 11.0. The van der Waals surface area contributed by atoms with Crippen LogP contribution in [-0.2, 0) is 9.53 Å². The Labute approximate surface area is 114 Å². The summed E-state index contributed by atoms with van der Waals surface area (Å²) in [6.07, 6.45) is 9.08. The highest BCUT2D eigenvalue weighted by atomic mass is 16.5. The lowest BCUT2D eigenvalue weighted by Crippen LogP contribution is -2.07. The van der Waals surface area contributed by atoms with Gasteiger partial charge in [-0.25, -0.2) is 0 Å². The molecule has 0 bridgehead atoms. The van der Waals surface area contributed by atoms with Crippen molar-refractivity contribution in [2.45, 2.75) is 86.0 Å². The third-order valence-corrected chi connectivity index (χ3v) is 2.65. The Bertz CT molecular complexity index is 160. The number of rotatable bonds is 9. The van der Waals surface area contributed by atoms with Gasteiger partial charge in [0.05, 0.1) is 6.61 Å². The van der Waals surface area contributed by atoms with Gasteiger partial charge in [-0.2, -0.15) is 0 Å². The lowest BCUT2D eigenvalue weighted by molar-refractivity contribution is -0.144. The van der Waals surface area contributed by atoms with Crippen molar-refractivity contribution in [3.63, 3.8) is 0 Å². The minimum atomic E-state index is -0.0440. The number of carbonyl (C=O) groups excluding carboxylic acids is 1. The van der Waals surface area contributed by atoms with Crippen molar-refractivity contribution in [3.8, 4) is 0 Å². The second-order valence-electron chi connectivity index (χ2n) is 5.21. The molecule has 2 nitrogen and oxygen atoms in total. The molecule has 0 heterocycles. The van der Waals surface area contributed by atoms with Crippen molar-refractivity contribution in [2.24, 2.45) is 5.92 Å². The zero-order valence-corrected chi connectivity index (χ0v) is 13.3. The van der Waals surface area contributed by atoms with Crippen LogP contribution in [0.5, 0.6) is 0 Å². The maximum atomic E-state index is 11.0. The van der Waals surface area contributed by atoms with Gasteiger partial charge < -0.3 is 4.74 Å². The number of esters is 1. The summed E-state index contributed by atoms with van der Waals surface area (Å²) in [5.74, 6) is 0.571. The van der Waals surface area contributed by atoms with Gasteiger partial charge in [-0.15, -0.1) is 0 Å². The van der Waals surface area contributed by atoms with E-state index in [9.17, 15) is 4.79 Å². The Hall–Kier alpha value is -0.530. The number of carbonyl (C=O) groups is 1. The lowest BCUT2D eigenvalue weighted by Gasteiger charge is -2.05. The molecule has 0 saturated heterocycles. The van der Waals surface area contributed by atoms with Crippen LogP contribution >= 0.6 is 0 Å². The van der Waals surface area contributed by atoms with E-state index in [2.05, 4.69) is 34.6 Å². The molecule has 0 aliphatic carbocycles. The van der Waals surface area contributed by atoms with E-state index in [0.29, 0.717) is 18.9 Å². The minimum absolute atomic E-state index is 0.0440. The highest BCUT2D eigenvalue weighted by molar-refractivity contribution is 5.69. The van der Waals surface area contributed by atoms with Crippen LogP contribution in [0.4, 0.5) is 0 Å². The lowest BCUT2D eigenvalue weighted by atomic mass is 10.1. The maximum Gasteiger partial charge on any atom is 0.305 e. The molecule has 0 rings (SSSR count). The van der Waals surface area contributed by atoms with Gasteiger partial charge in [-0.05, 0) is 18.8 Å². The summed E-state index contributed by atoms with van der Waals surface area (Å²) in [5.41, 5.74) is 0. The third-order valence-electron chi connectivity index (χ3n) is 2.65. The fourth-order valence-corrected chi connectivity index (χ4v) is 1.30. The van der Waals surface area contributed by atoms with Crippen LogP contribution in [0.2, 0.25) is 0 Å². The second-order valence-corrected chi connectivity index (χ2v) is 5.21. The van der Waals surface area contributed by atoms with E-state index in [0.717, 1.165) is 19.3 Å². The molecule has 0 amide bonds. The summed E-state index contributed by atoms with van der Waals surface area (Å²) >= 11 is 0. The molecule has 0 fully saturated rings. The van der Waals surface area contributed by atoms with Crippen LogP contribution in [0.1, 0.15) is 86.0 Å². The first-order valence-electron chi connectivity index (χ1n) is 7.73. The predicted octanol–water partition coefficient (Wildman–Crippen LogP) is 5.35. The molecule has 0 unspecified atom stereocenters. The molecule has 0 saturated carbocycles. The van der Waals surface area contributed by atoms with E-state index in [-0.39, 0.29) is 5.97 Å². The Balaban J connectivity index is 0. The zero-order valence-electron chi connectivity index (χ0n) is 13.3. The van der Waals surface area contributed by atoms with Crippen molar-refractivity contribution >= 4 is 5.97 Å². The molecule has 0 aromatic heterocycles. The highest BCUT2D eigenvalue weighted by Crippen LogP contribution is 2.01. The van der Waals surface area contributed by atoms with Crippen LogP contribution in [-0.4, -0.2) is 12.6 Å². The molecule has 0 aromatic carbocycles. The van der Waals surface area contributed by atoms with Crippen molar-refractivity contribution in [3.05, 3.63) is 0 Å². The second kappa shape index (κ2) is 16.5. The SMILES string of the molecule is CCCCC(=O)OCCC(C)C.CCCCCC. The monoisotopic (exact) mass is 258 g/mol. The first-order valence-corrected chi connectivity index (χ1v) is 7.73. The van der Waals surface area contributed by atoms with Crippen molar-refractivity contribution in [1.82, 2.24) is 0 Å². The molecular weight excluding hydrogens is 224 g/mol. The zero-order chi connectivity index (χ0) is 14.2. The Morgan fingerprint density at radius 2 is 1.44 bits per heavy atom. The molecule has 0 N–H and O–H groups in total. The van der Waals surface area contributed by atoms with Crippen LogP contribution in [0, 0.1) is 5.92 Å². The highest BCUT2D eigenvalue weighted by Gasteiger charge is 2.01. The van der Waals surface area contributed by atoms with Crippen LogP contribution in [0.15, 0.2) is 0 Å². The fourth-order valence-electron chi connectivity index (χ4n) is 1.30. The van der Waals surface area contributed by atoms with E-state index in [1.54, 1.807) is 0 Å². The van der Waals surface area contributed by atoms with E-state index >= 15 is 0 Å². The summed E-state index contributed by atoms with van der Waals surface area (Å²) in [5, 5.41) is 0. The van der Waals surface area contributed by atoms with Crippen LogP contribution in [0.25, 0.3) is 0 Å². The van der Waals surface area contributed by atoms with Crippen molar-refractivity contribution < 1.29 is 9.53 Å². The summed E-state index contributed by atoms with van der Waals surface area (Å²) in [6.45, 7) is 11.4. The number of hydrogen-bond donors (Lipinski definition) is 0. The van der Waals surface area contributed by atoms with Gasteiger partial charge in [0.25, 0.3) is 0 Å². The molecule has 110 valence electrons. The summed E-state index contributed by atoms with van der Waals surface area (Å²) in [6, 6.07) is 0. The summed E-state index contributed by atoms with van der Waals surface area (Å²) < 4.78 is 5.02. The third kappa shape index (κ3) is 20.8. The summed E-state index contributed by atoms with van der Waals surface area (Å²) in [7, 11) is 0. The molecule has 0 aromatic rings. The van der Waals surface area contributed by atoms with Gasteiger partial charge >= 0.3 is 5.97 Å². The number of ether oxygens (including phenoxy) is 1. The van der Waals surface area contributed by atoms with Gasteiger partial charge in [-0.1, -0.05) is 66.7 Å². The molecule has 0 atom stereocenters. The molecule has 0 radical (unpaired) electrons. The molecule has 0 spiro atoms. The average molecular weight is 258 g/mol. The van der Waals surface area contributed by atoms with Crippen LogP contribution < -0.4 is 0 Å². The van der Waals surface area contributed by atoms with E-state index in [4.69, 9.17) is 4.74 Å². The predicted molar refractivity (Wildman–Crippen MR) is 79.8 cm³/mol. The van der Waals surface area contributed by atoms with Crippen LogP contribution in [0.3, 0.4) is 0 Å². The topological polar surface area (TPSA) is 26.3 Å². The standard InChI is InChI=1S/C10H20O2.C6H14/c1-4-5-6-10(11)12-8-7-9(2)3;1-3-5-6-4-2/h9H,4-8H2,1-3H3;3-6H2,1-2H3. The van der Waals surface area contributed by atoms with Gasteiger partial charge in [0.1, 0.15) is 0 Å². The van der Waals surface area contributed by atoms with Gasteiger partial charge in [0.15, 0.2) is 0 Å². The van der Waals surface area contributed by atoms with Gasteiger partial charge in [-0.3, -0.25) is 4.79 Å². The number of hydrogen-bond acceptors (Lipinski definition) is 2. The number of unbranched alkanes of at least 4 members (excludes halogenated alkanes) is 4. The molecule has 18 heavy (non-hydrogen) atoms. The first kappa shape index (κ1) is 19.8.